The van der Waals surface area contributed by atoms with Crippen LogP contribution in [0.15, 0.2) is 0 Å². The summed E-state index contributed by atoms with van der Waals surface area (Å²) < 4.78 is 0. The molecule has 2 nitrogen and oxygen atoms in total. The molecule has 3 N–H and O–H groups in total. The molecule has 0 aliphatic heterocycles. The van der Waals surface area contributed by atoms with E-state index in [2.05, 4.69) is 19.2 Å². The van der Waals surface area contributed by atoms with E-state index in [9.17, 15) is 0 Å². The van der Waals surface area contributed by atoms with E-state index in [1.807, 2.05) is 13.8 Å². The van der Waals surface area contributed by atoms with Crippen molar-refractivity contribution in [2.75, 3.05) is 13.1 Å². The highest BCUT2D eigenvalue weighted by Crippen LogP contribution is 1.85. The van der Waals surface area contributed by atoms with Crippen molar-refractivity contribution in [3.05, 3.63) is 0 Å². The van der Waals surface area contributed by atoms with Gasteiger partial charge in [0.05, 0.1) is 0 Å². The summed E-state index contributed by atoms with van der Waals surface area (Å²) in [4.78, 5) is 0. The predicted molar refractivity (Wildman–Crippen MR) is 57.6 cm³/mol. The highest BCUT2D eigenvalue weighted by atomic mass is 16.0. The van der Waals surface area contributed by atoms with Crippen LogP contribution in [0.2, 0.25) is 0 Å². The molecule has 2 heteroatoms. The van der Waals surface area contributed by atoms with Crippen LogP contribution in [0.25, 0.3) is 0 Å². The third-order valence-corrected chi connectivity index (χ3v) is 1.41. The van der Waals surface area contributed by atoms with Crippen molar-refractivity contribution < 1.29 is 5.48 Å². The van der Waals surface area contributed by atoms with E-state index in [0.717, 1.165) is 0 Å². The second-order valence-corrected chi connectivity index (χ2v) is 2.46. The van der Waals surface area contributed by atoms with Crippen molar-refractivity contribution in [3.8, 4) is 0 Å². The molecule has 0 heterocycles. The van der Waals surface area contributed by atoms with Crippen molar-refractivity contribution in [2.24, 2.45) is 0 Å². The first-order valence-electron chi connectivity index (χ1n) is 5.12. The highest BCUT2D eigenvalue weighted by molar-refractivity contribution is 4.45. The van der Waals surface area contributed by atoms with E-state index < -0.39 is 0 Å². The predicted octanol–water partition coefficient (Wildman–Crippen LogP) is 2.38. The summed E-state index contributed by atoms with van der Waals surface area (Å²) in [6, 6.07) is 0. The van der Waals surface area contributed by atoms with Crippen LogP contribution in [-0.2, 0) is 0 Å². The molecule has 0 fully saturated rings. The molecule has 0 rings (SSSR count). The summed E-state index contributed by atoms with van der Waals surface area (Å²) >= 11 is 0. The molecule has 0 saturated heterocycles. The summed E-state index contributed by atoms with van der Waals surface area (Å²) in [5.41, 5.74) is 0. The third-order valence-electron chi connectivity index (χ3n) is 1.41. The molecule has 0 unspecified atom stereocenters. The lowest BCUT2D eigenvalue weighted by Gasteiger charge is -1.99. The Hall–Kier alpha value is -0.0800. The first-order chi connectivity index (χ1) is 5.41. The van der Waals surface area contributed by atoms with Crippen LogP contribution in [0.5, 0.6) is 0 Å². The van der Waals surface area contributed by atoms with Crippen molar-refractivity contribution in [1.82, 2.24) is 5.32 Å². The molecule has 0 aromatic rings. The zero-order valence-corrected chi connectivity index (χ0v) is 9.24. The average Bonchev–Trinajstić information content (AvgIpc) is 2.08. The van der Waals surface area contributed by atoms with Crippen LogP contribution < -0.4 is 5.32 Å². The molecule has 0 saturated carbocycles. The fraction of sp³-hybridized carbons (Fsp3) is 1.00. The molecule has 0 aromatic heterocycles. The molecule has 0 spiro atoms. The minimum absolute atomic E-state index is 0. The molecular weight excluding hydrogens is 150 g/mol. The molecule has 78 valence electrons. The number of hydrogen-bond acceptors (Lipinski definition) is 1. The van der Waals surface area contributed by atoms with Gasteiger partial charge in [-0.25, -0.2) is 0 Å². The van der Waals surface area contributed by atoms with Crippen molar-refractivity contribution in [1.29, 1.82) is 0 Å². The molecule has 0 bridgehead atoms. The van der Waals surface area contributed by atoms with E-state index >= 15 is 0 Å². The zero-order valence-electron chi connectivity index (χ0n) is 9.24. The lowest BCUT2D eigenvalue weighted by atomic mass is 10.3. The summed E-state index contributed by atoms with van der Waals surface area (Å²) in [6.45, 7) is 10.9. The molecule has 0 amide bonds. The van der Waals surface area contributed by atoms with Crippen LogP contribution in [0, 0.1) is 0 Å². The normalized spacial score (nSPS) is 8.00. The van der Waals surface area contributed by atoms with Gasteiger partial charge in [0.2, 0.25) is 0 Å². The van der Waals surface area contributed by atoms with Gasteiger partial charge in [0.15, 0.2) is 0 Å². The summed E-state index contributed by atoms with van der Waals surface area (Å²) in [5.74, 6) is 0. The van der Waals surface area contributed by atoms with Crippen LogP contribution in [0.1, 0.15) is 53.4 Å². The molecule has 0 atom stereocenters. The largest absolute Gasteiger partial charge is 0.412 e. The Labute approximate surface area is 78.1 Å². The van der Waals surface area contributed by atoms with Crippen LogP contribution in [0.3, 0.4) is 0 Å². The Morgan fingerprint density at radius 2 is 1.17 bits per heavy atom. The Morgan fingerprint density at radius 1 is 0.833 bits per heavy atom. The van der Waals surface area contributed by atoms with Gasteiger partial charge in [0.25, 0.3) is 0 Å². The number of hydrogen-bond donors (Lipinski definition) is 1. The lowest BCUT2D eigenvalue weighted by molar-refractivity contribution is 0.611. The Morgan fingerprint density at radius 3 is 1.42 bits per heavy atom. The van der Waals surface area contributed by atoms with Gasteiger partial charge >= 0.3 is 0 Å². The summed E-state index contributed by atoms with van der Waals surface area (Å²) in [7, 11) is 0. The zero-order chi connectivity index (χ0) is 8.95. The lowest BCUT2D eigenvalue weighted by Crippen LogP contribution is -2.15. The van der Waals surface area contributed by atoms with Gasteiger partial charge in [0.1, 0.15) is 0 Å². The van der Waals surface area contributed by atoms with Gasteiger partial charge in [-0.2, -0.15) is 0 Å². The first kappa shape index (κ1) is 17.9. The second kappa shape index (κ2) is 22.4. The van der Waals surface area contributed by atoms with E-state index in [1.165, 1.54) is 38.8 Å². The molecular formula is C10H27NO. The molecule has 0 aliphatic rings. The molecule has 12 heavy (non-hydrogen) atoms. The Balaban J connectivity index is -0.000000249. The quantitative estimate of drug-likeness (QED) is 0.622. The van der Waals surface area contributed by atoms with Gasteiger partial charge in [-0.1, -0.05) is 40.5 Å². The van der Waals surface area contributed by atoms with E-state index in [-0.39, 0.29) is 5.48 Å². The first-order valence-corrected chi connectivity index (χ1v) is 5.12. The maximum Gasteiger partial charge on any atom is -0.00490 e. The van der Waals surface area contributed by atoms with Gasteiger partial charge in [-0.05, 0) is 25.9 Å². The monoisotopic (exact) mass is 177 g/mol. The molecule has 0 aliphatic carbocycles. The average molecular weight is 177 g/mol. The summed E-state index contributed by atoms with van der Waals surface area (Å²) in [6.07, 6.45) is 5.26. The van der Waals surface area contributed by atoms with Gasteiger partial charge in [0, 0.05) is 0 Å². The van der Waals surface area contributed by atoms with Crippen LogP contribution in [-0.4, -0.2) is 18.6 Å². The Kier molecular flexibility index (Phi) is 33.4. The highest BCUT2D eigenvalue weighted by Gasteiger charge is 1.83. The van der Waals surface area contributed by atoms with Crippen molar-refractivity contribution >= 4 is 0 Å². The van der Waals surface area contributed by atoms with Crippen molar-refractivity contribution in [2.45, 2.75) is 53.4 Å². The summed E-state index contributed by atoms with van der Waals surface area (Å²) in [5, 5.41) is 3.39. The Bertz CT molecular complexity index is 43.1. The molecule has 0 radical (unpaired) electrons. The number of unbranched alkanes of at least 4 members (excludes halogenated alkanes) is 2. The van der Waals surface area contributed by atoms with Gasteiger partial charge < -0.3 is 10.8 Å². The minimum atomic E-state index is 0. The van der Waals surface area contributed by atoms with E-state index in [0.29, 0.717) is 0 Å². The van der Waals surface area contributed by atoms with E-state index in [1.54, 1.807) is 0 Å². The SMILES string of the molecule is CC.CCCCNCCCC.O. The third kappa shape index (κ3) is 22.5. The topological polar surface area (TPSA) is 43.5 Å². The maximum absolute atomic E-state index is 3.39. The van der Waals surface area contributed by atoms with Crippen LogP contribution in [0.4, 0.5) is 0 Å². The van der Waals surface area contributed by atoms with Gasteiger partial charge in [-0.15, -0.1) is 0 Å². The van der Waals surface area contributed by atoms with Crippen LogP contribution >= 0.6 is 0 Å². The fourth-order valence-corrected chi connectivity index (χ4v) is 0.729. The fourth-order valence-electron chi connectivity index (χ4n) is 0.729. The van der Waals surface area contributed by atoms with Gasteiger partial charge in [-0.3, -0.25) is 0 Å². The second-order valence-electron chi connectivity index (χ2n) is 2.46. The molecule has 0 aromatic carbocycles. The number of nitrogens with one attached hydrogen (secondary N) is 1. The smallest absolute Gasteiger partial charge is 0.00490 e. The van der Waals surface area contributed by atoms with E-state index in [4.69, 9.17) is 0 Å². The minimum Gasteiger partial charge on any atom is -0.412 e. The maximum atomic E-state index is 3.39. The standard InChI is InChI=1S/C8H19N.C2H6.H2O/c1-3-5-7-9-8-6-4-2;1-2;/h9H,3-8H2,1-2H3;1-2H3;1H2. The number of rotatable bonds is 6. The van der Waals surface area contributed by atoms with Crippen molar-refractivity contribution in [3.63, 3.8) is 0 Å².